The van der Waals surface area contributed by atoms with E-state index in [-0.39, 0.29) is 23.9 Å². The number of rotatable bonds is 9. The topological polar surface area (TPSA) is 34.1 Å². The van der Waals surface area contributed by atoms with Crippen molar-refractivity contribution in [2.45, 2.75) is 66.2 Å². The Bertz CT molecular complexity index is 219. The molecule has 0 rings (SSSR count). The van der Waals surface area contributed by atoms with E-state index >= 15 is 0 Å². The first kappa shape index (κ1) is 15.3. The molecule has 1 atom stereocenters. The van der Waals surface area contributed by atoms with Crippen molar-refractivity contribution in [2.24, 2.45) is 11.8 Å². The van der Waals surface area contributed by atoms with Crippen LogP contribution in [0, 0.1) is 11.8 Å². The summed E-state index contributed by atoms with van der Waals surface area (Å²) in [5, 5.41) is 0. The number of unbranched alkanes of at least 4 members (excludes halogenated alkanes) is 1. The molecule has 0 heterocycles. The first-order valence-electron chi connectivity index (χ1n) is 6.55. The molecule has 0 aromatic carbocycles. The average Bonchev–Trinajstić information content (AvgIpc) is 2.23. The molecular weight excluding hydrogens is 200 g/mol. The summed E-state index contributed by atoms with van der Waals surface area (Å²) in [7, 11) is 0. The van der Waals surface area contributed by atoms with Crippen LogP contribution < -0.4 is 0 Å². The molecule has 0 aliphatic carbocycles. The summed E-state index contributed by atoms with van der Waals surface area (Å²) in [6.07, 6.45) is 4.71. The number of Topliss-reactive ketones (excluding diaryl/α,β-unsaturated/α-hetero) is 2. The van der Waals surface area contributed by atoms with Gasteiger partial charge in [0, 0.05) is 12.3 Å². The standard InChI is InChI=1S/C14H26O2/c1-5-7-8-12(9-11(3)4)14(16)10-13(15)6-2/h11-12H,5-10H2,1-4H3. The highest BCUT2D eigenvalue weighted by molar-refractivity contribution is 5.99. The summed E-state index contributed by atoms with van der Waals surface area (Å²) in [6.45, 7) is 8.22. The monoisotopic (exact) mass is 226 g/mol. The lowest BCUT2D eigenvalue weighted by Gasteiger charge is -2.17. The fraction of sp³-hybridized carbons (Fsp3) is 0.857. The second kappa shape index (κ2) is 8.49. The van der Waals surface area contributed by atoms with Gasteiger partial charge in [-0.2, -0.15) is 0 Å². The number of ketones is 2. The van der Waals surface area contributed by atoms with Gasteiger partial charge in [-0.1, -0.05) is 40.5 Å². The van der Waals surface area contributed by atoms with E-state index in [0.717, 1.165) is 25.7 Å². The third-order valence-corrected chi connectivity index (χ3v) is 2.88. The van der Waals surface area contributed by atoms with Gasteiger partial charge in [0.05, 0.1) is 6.42 Å². The van der Waals surface area contributed by atoms with Crippen LogP contribution in [0.15, 0.2) is 0 Å². The van der Waals surface area contributed by atoms with Gasteiger partial charge in [0.25, 0.3) is 0 Å². The fourth-order valence-electron chi connectivity index (χ4n) is 1.89. The molecule has 0 saturated heterocycles. The molecule has 0 aromatic rings. The molecule has 0 amide bonds. The molecule has 2 nitrogen and oxygen atoms in total. The van der Waals surface area contributed by atoms with Crippen molar-refractivity contribution in [1.82, 2.24) is 0 Å². The molecule has 0 spiro atoms. The molecule has 0 aromatic heterocycles. The van der Waals surface area contributed by atoms with Crippen LogP contribution >= 0.6 is 0 Å². The highest BCUT2D eigenvalue weighted by Crippen LogP contribution is 2.20. The van der Waals surface area contributed by atoms with Gasteiger partial charge in [0.15, 0.2) is 0 Å². The Labute approximate surface area is 99.8 Å². The predicted molar refractivity (Wildman–Crippen MR) is 67.4 cm³/mol. The van der Waals surface area contributed by atoms with Crippen LogP contribution in [0.1, 0.15) is 66.2 Å². The third kappa shape index (κ3) is 6.76. The Morgan fingerprint density at radius 2 is 1.75 bits per heavy atom. The van der Waals surface area contributed by atoms with Crippen LogP contribution in [0.2, 0.25) is 0 Å². The Kier molecular flexibility index (Phi) is 8.14. The molecule has 2 heteroatoms. The second-order valence-corrected chi connectivity index (χ2v) is 5.00. The number of hydrogen-bond donors (Lipinski definition) is 0. The van der Waals surface area contributed by atoms with E-state index in [9.17, 15) is 9.59 Å². The van der Waals surface area contributed by atoms with Crippen LogP contribution in [-0.2, 0) is 9.59 Å². The summed E-state index contributed by atoms with van der Waals surface area (Å²) < 4.78 is 0. The molecule has 94 valence electrons. The zero-order valence-electron chi connectivity index (χ0n) is 11.2. The van der Waals surface area contributed by atoms with Crippen LogP contribution in [0.4, 0.5) is 0 Å². The summed E-state index contributed by atoms with van der Waals surface area (Å²) >= 11 is 0. The van der Waals surface area contributed by atoms with E-state index in [1.807, 2.05) is 6.92 Å². The number of carbonyl (C=O) groups excluding carboxylic acids is 2. The molecule has 0 saturated carbocycles. The Hall–Kier alpha value is -0.660. The van der Waals surface area contributed by atoms with Gasteiger partial charge < -0.3 is 0 Å². The molecular formula is C14H26O2. The summed E-state index contributed by atoms with van der Waals surface area (Å²) in [6, 6.07) is 0. The zero-order valence-corrected chi connectivity index (χ0v) is 11.2. The van der Waals surface area contributed by atoms with Crippen molar-refractivity contribution in [3.63, 3.8) is 0 Å². The van der Waals surface area contributed by atoms with Crippen molar-refractivity contribution in [1.29, 1.82) is 0 Å². The SMILES string of the molecule is CCCCC(CC(C)C)C(=O)CC(=O)CC. The highest BCUT2D eigenvalue weighted by atomic mass is 16.1. The van der Waals surface area contributed by atoms with E-state index in [2.05, 4.69) is 20.8 Å². The van der Waals surface area contributed by atoms with Gasteiger partial charge in [-0.25, -0.2) is 0 Å². The van der Waals surface area contributed by atoms with E-state index in [1.165, 1.54) is 0 Å². The highest BCUT2D eigenvalue weighted by Gasteiger charge is 2.20. The minimum Gasteiger partial charge on any atom is -0.299 e. The second-order valence-electron chi connectivity index (χ2n) is 5.00. The molecule has 0 fully saturated rings. The lowest BCUT2D eigenvalue weighted by Crippen LogP contribution is -2.19. The quantitative estimate of drug-likeness (QED) is 0.561. The van der Waals surface area contributed by atoms with Crippen molar-refractivity contribution in [3.05, 3.63) is 0 Å². The van der Waals surface area contributed by atoms with Crippen LogP contribution in [0.3, 0.4) is 0 Å². The Morgan fingerprint density at radius 1 is 1.12 bits per heavy atom. The van der Waals surface area contributed by atoms with Gasteiger partial charge in [-0.3, -0.25) is 9.59 Å². The number of carbonyl (C=O) groups is 2. The summed E-state index contributed by atoms with van der Waals surface area (Å²) in [4.78, 5) is 23.2. The minimum absolute atomic E-state index is 0.0789. The maximum atomic E-state index is 11.9. The Morgan fingerprint density at radius 3 is 2.19 bits per heavy atom. The predicted octanol–water partition coefficient (Wildman–Crippen LogP) is 3.78. The molecule has 0 radical (unpaired) electrons. The fourth-order valence-corrected chi connectivity index (χ4v) is 1.89. The lowest BCUT2D eigenvalue weighted by molar-refractivity contribution is -0.129. The van der Waals surface area contributed by atoms with Gasteiger partial charge in [0.1, 0.15) is 11.6 Å². The van der Waals surface area contributed by atoms with E-state index < -0.39 is 0 Å². The molecule has 0 N–H and O–H groups in total. The number of hydrogen-bond acceptors (Lipinski definition) is 2. The maximum Gasteiger partial charge on any atom is 0.143 e. The van der Waals surface area contributed by atoms with E-state index in [1.54, 1.807) is 0 Å². The normalized spacial score (nSPS) is 12.8. The maximum absolute atomic E-state index is 11.9. The Balaban J connectivity index is 4.25. The van der Waals surface area contributed by atoms with Gasteiger partial charge in [-0.15, -0.1) is 0 Å². The van der Waals surface area contributed by atoms with Gasteiger partial charge in [0.2, 0.25) is 0 Å². The van der Waals surface area contributed by atoms with E-state index in [0.29, 0.717) is 12.3 Å². The average molecular weight is 226 g/mol. The summed E-state index contributed by atoms with van der Waals surface area (Å²) in [5.41, 5.74) is 0. The van der Waals surface area contributed by atoms with Crippen LogP contribution in [0.5, 0.6) is 0 Å². The molecule has 1 unspecified atom stereocenters. The molecule has 0 bridgehead atoms. The first-order chi connectivity index (χ1) is 7.51. The van der Waals surface area contributed by atoms with Crippen molar-refractivity contribution in [3.8, 4) is 0 Å². The smallest absolute Gasteiger partial charge is 0.143 e. The molecule has 0 aliphatic heterocycles. The molecule has 0 aliphatic rings. The van der Waals surface area contributed by atoms with Crippen molar-refractivity contribution < 1.29 is 9.59 Å². The van der Waals surface area contributed by atoms with Gasteiger partial charge >= 0.3 is 0 Å². The first-order valence-corrected chi connectivity index (χ1v) is 6.55. The zero-order chi connectivity index (χ0) is 12.6. The van der Waals surface area contributed by atoms with Crippen molar-refractivity contribution in [2.75, 3.05) is 0 Å². The minimum atomic E-state index is 0.0789. The van der Waals surface area contributed by atoms with E-state index in [4.69, 9.17) is 0 Å². The van der Waals surface area contributed by atoms with Crippen molar-refractivity contribution >= 4 is 11.6 Å². The van der Waals surface area contributed by atoms with Crippen LogP contribution in [0.25, 0.3) is 0 Å². The van der Waals surface area contributed by atoms with Gasteiger partial charge in [-0.05, 0) is 18.8 Å². The van der Waals surface area contributed by atoms with Crippen LogP contribution in [-0.4, -0.2) is 11.6 Å². The lowest BCUT2D eigenvalue weighted by atomic mass is 9.87. The molecule has 16 heavy (non-hydrogen) atoms. The third-order valence-electron chi connectivity index (χ3n) is 2.88. The summed E-state index contributed by atoms with van der Waals surface area (Å²) in [5.74, 6) is 0.877. The largest absolute Gasteiger partial charge is 0.299 e.